The highest BCUT2D eigenvalue weighted by Crippen LogP contribution is 2.23. The van der Waals surface area contributed by atoms with Crippen molar-refractivity contribution in [2.24, 2.45) is 0 Å². The van der Waals surface area contributed by atoms with Crippen LogP contribution in [0.2, 0.25) is 0 Å². The third-order valence-electron chi connectivity index (χ3n) is 6.33. The van der Waals surface area contributed by atoms with Crippen molar-refractivity contribution < 1.29 is 23.1 Å². The number of fused-ring (bicyclic) bond motifs is 1. The fraction of sp³-hybridized carbons (Fsp3) is 0.500. The number of aryl methyl sites for hydroxylation is 2. The maximum absolute atomic E-state index is 13.8. The molecule has 4 rings (SSSR count). The Hall–Kier alpha value is -3.30. The quantitative estimate of drug-likeness (QED) is 0.670. The molecular weight excluding hydrogens is 446 g/mol. The zero-order valence-corrected chi connectivity index (χ0v) is 19.0. The van der Waals surface area contributed by atoms with Gasteiger partial charge in [0.1, 0.15) is 18.0 Å². The van der Waals surface area contributed by atoms with Crippen LogP contribution < -0.4 is 15.6 Å². The summed E-state index contributed by atoms with van der Waals surface area (Å²) < 4.78 is 32.6. The smallest absolute Gasteiger partial charge is 0.279 e. The van der Waals surface area contributed by atoms with Crippen LogP contribution in [0.3, 0.4) is 0 Å². The van der Waals surface area contributed by atoms with E-state index >= 15 is 0 Å². The molecule has 2 amide bonds. The van der Waals surface area contributed by atoms with E-state index in [1.54, 1.807) is 11.8 Å². The van der Waals surface area contributed by atoms with Gasteiger partial charge in [0.25, 0.3) is 11.5 Å². The van der Waals surface area contributed by atoms with Crippen molar-refractivity contribution in [1.29, 1.82) is 0 Å². The third-order valence-corrected chi connectivity index (χ3v) is 6.33. The number of halogens is 2. The van der Waals surface area contributed by atoms with Crippen LogP contribution in [0.1, 0.15) is 60.9 Å². The molecular formula is C24H28F2N4O4. The number of H-pyrrole nitrogens is 1. The van der Waals surface area contributed by atoms with Gasteiger partial charge in [0, 0.05) is 37.7 Å². The van der Waals surface area contributed by atoms with Gasteiger partial charge in [-0.2, -0.15) is 0 Å². The van der Waals surface area contributed by atoms with Crippen LogP contribution in [0.25, 0.3) is 0 Å². The van der Waals surface area contributed by atoms with Gasteiger partial charge in [-0.1, -0.05) is 6.92 Å². The lowest BCUT2D eigenvalue weighted by atomic mass is 10.0. The lowest BCUT2D eigenvalue weighted by Crippen LogP contribution is -2.52. The van der Waals surface area contributed by atoms with Gasteiger partial charge in [-0.05, 0) is 44.2 Å². The molecule has 1 aliphatic heterocycles. The van der Waals surface area contributed by atoms with E-state index in [1.807, 2.05) is 0 Å². The predicted octanol–water partition coefficient (Wildman–Crippen LogP) is 2.51. The number of piperidine rings is 1. The standard InChI is InChI=1S/C24H28F2N4O4/c1-2-17(28-22(31)21-23(32)29-19-6-4-3-5-18(19)27-21)24(33)30-11-9-15(10-12-30)34-20-8-7-14(25)13-16(20)26/h7-8,13,15,17H,2-6,9-12H2,1H3,(H,28,31)(H,29,32)/t17-/m0/s1. The average molecular weight is 475 g/mol. The Balaban J connectivity index is 1.35. The normalized spacial score (nSPS) is 17.1. The summed E-state index contributed by atoms with van der Waals surface area (Å²) in [6.07, 6.45) is 4.36. The lowest BCUT2D eigenvalue weighted by Gasteiger charge is -2.34. The molecule has 34 heavy (non-hydrogen) atoms. The summed E-state index contributed by atoms with van der Waals surface area (Å²) in [5, 5.41) is 2.66. The van der Waals surface area contributed by atoms with Gasteiger partial charge in [-0.3, -0.25) is 14.4 Å². The van der Waals surface area contributed by atoms with E-state index in [0.717, 1.165) is 42.8 Å². The molecule has 1 atom stereocenters. The van der Waals surface area contributed by atoms with Crippen molar-refractivity contribution in [2.45, 2.75) is 64.0 Å². The molecule has 0 bridgehead atoms. The van der Waals surface area contributed by atoms with E-state index < -0.39 is 29.1 Å². The van der Waals surface area contributed by atoms with Crippen LogP contribution >= 0.6 is 0 Å². The number of nitrogens with zero attached hydrogens (tertiary/aromatic N) is 2. The number of carbonyl (C=O) groups excluding carboxylic acids is 2. The Morgan fingerprint density at radius 1 is 1.24 bits per heavy atom. The minimum Gasteiger partial charge on any atom is -0.487 e. The van der Waals surface area contributed by atoms with Crippen molar-refractivity contribution in [3.05, 3.63) is 57.3 Å². The Labute approximate surface area is 195 Å². The van der Waals surface area contributed by atoms with Gasteiger partial charge in [-0.25, -0.2) is 13.8 Å². The highest BCUT2D eigenvalue weighted by molar-refractivity contribution is 5.95. The number of amides is 2. The molecule has 2 N–H and O–H groups in total. The monoisotopic (exact) mass is 474 g/mol. The van der Waals surface area contributed by atoms with Crippen LogP contribution in [-0.4, -0.2) is 51.9 Å². The average Bonchev–Trinajstić information content (AvgIpc) is 2.83. The molecule has 10 heteroatoms. The van der Waals surface area contributed by atoms with E-state index in [4.69, 9.17) is 4.74 Å². The van der Waals surface area contributed by atoms with Crippen LogP contribution in [0.4, 0.5) is 8.78 Å². The minimum absolute atomic E-state index is 0.0207. The summed E-state index contributed by atoms with van der Waals surface area (Å²) in [5.41, 5.74) is 0.739. The van der Waals surface area contributed by atoms with Gasteiger partial charge in [0.05, 0.1) is 5.69 Å². The van der Waals surface area contributed by atoms with Gasteiger partial charge in [-0.15, -0.1) is 0 Å². The number of hydrogen-bond donors (Lipinski definition) is 2. The fourth-order valence-electron chi connectivity index (χ4n) is 4.41. The molecule has 1 aromatic carbocycles. The summed E-state index contributed by atoms with van der Waals surface area (Å²) in [7, 11) is 0. The molecule has 1 fully saturated rings. The first-order valence-corrected chi connectivity index (χ1v) is 11.7. The molecule has 0 unspecified atom stereocenters. The largest absolute Gasteiger partial charge is 0.487 e. The van der Waals surface area contributed by atoms with Crippen LogP contribution in [0.15, 0.2) is 23.0 Å². The van der Waals surface area contributed by atoms with Crippen molar-refractivity contribution >= 4 is 11.8 Å². The van der Waals surface area contributed by atoms with Crippen molar-refractivity contribution in [3.8, 4) is 5.75 Å². The van der Waals surface area contributed by atoms with E-state index in [1.165, 1.54) is 6.07 Å². The number of ether oxygens (including phenoxy) is 1. The minimum atomic E-state index is -0.795. The summed E-state index contributed by atoms with van der Waals surface area (Å²) in [6, 6.07) is 2.36. The van der Waals surface area contributed by atoms with Crippen molar-refractivity contribution in [1.82, 2.24) is 20.2 Å². The van der Waals surface area contributed by atoms with E-state index in [0.29, 0.717) is 38.8 Å². The molecule has 2 heterocycles. The Kier molecular flexibility index (Phi) is 7.23. The van der Waals surface area contributed by atoms with Crippen molar-refractivity contribution in [3.63, 3.8) is 0 Å². The van der Waals surface area contributed by atoms with Gasteiger partial charge >= 0.3 is 0 Å². The second kappa shape index (κ2) is 10.3. The maximum Gasteiger partial charge on any atom is 0.279 e. The molecule has 1 saturated heterocycles. The summed E-state index contributed by atoms with van der Waals surface area (Å²) >= 11 is 0. The van der Waals surface area contributed by atoms with Crippen LogP contribution in [-0.2, 0) is 17.6 Å². The number of aromatic amines is 1. The first-order chi connectivity index (χ1) is 16.4. The van der Waals surface area contributed by atoms with Gasteiger partial charge < -0.3 is 19.9 Å². The number of likely N-dealkylation sites (tertiary alicyclic amines) is 1. The number of hydrogen-bond acceptors (Lipinski definition) is 5. The zero-order chi connectivity index (χ0) is 24.2. The van der Waals surface area contributed by atoms with E-state index in [2.05, 4.69) is 15.3 Å². The van der Waals surface area contributed by atoms with Crippen LogP contribution in [0.5, 0.6) is 5.75 Å². The number of aromatic nitrogens is 2. The Bertz CT molecular complexity index is 1130. The summed E-state index contributed by atoms with van der Waals surface area (Å²) in [5.74, 6) is -2.38. The molecule has 2 aliphatic rings. The highest BCUT2D eigenvalue weighted by atomic mass is 19.1. The molecule has 0 saturated carbocycles. The second-order valence-electron chi connectivity index (χ2n) is 8.70. The lowest BCUT2D eigenvalue weighted by molar-refractivity contribution is -0.135. The number of rotatable bonds is 6. The van der Waals surface area contributed by atoms with E-state index in [-0.39, 0.29) is 23.5 Å². The maximum atomic E-state index is 13.8. The highest BCUT2D eigenvalue weighted by Gasteiger charge is 2.30. The molecule has 182 valence electrons. The summed E-state index contributed by atoms with van der Waals surface area (Å²) in [6.45, 7) is 2.52. The fourth-order valence-corrected chi connectivity index (χ4v) is 4.41. The zero-order valence-electron chi connectivity index (χ0n) is 19.0. The molecule has 0 radical (unpaired) electrons. The molecule has 8 nitrogen and oxygen atoms in total. The predicted molar refractivity (Wildman–Crippen MR) is 120 cm³/mol. The topological polar surface area (TPSA) is 104 Å². The first kappa shape index (κ1) is 23.8. The van der Waals surface area contributed by atoms with Gasteiger partial charge in [0.15, 0.2) is 17.3 Å². The van der Waals surface area contributed by atoms with Crippen molar-refractivity contribution in [2.75, 3.05) is 13.1 Å². The number of nitrogens with one attached hydrogen (secondary N) is 2. The first-order valence-electron chi connectivity index (χ1n) is 11.7. The van der Waals surface area contributed by atoms with Crippen LogP contribution in [0, 0.1) is 11.6 Å². The molecule has 1 aliphatic carbocycles. The third kappa shape index (κ3) is 5.26. The molecule has 0 spiro atoms. The number of benzene rings is 1. The Morgan fingerprint density at radius 2 is 1.97 bits per heavy atom. The second-order valence-corrected chi connectivity index (χ2v) is 8.70. The molecule has 1 aromatic heterocycles. The Morgan fingerprint density at radius 3 is 2.68 bits per heavy atom. The van der Waals surface area contributed by atoms with E-state index in [9.17, 15) is 23.2 Å². The molecule has 2 aromatic rings. The van der Waals surface area contributed by atoms with Gasteiger partial charge in [0.2, 0.25) is 5.91 Å². The summed E-state index contributed by atoms with van der Waals surface area (Å²) in [4.78, 5) is 46.8. The number of carbonyl (C=O) groups is 2. The SMILES string of the molecule is CC[C@H](NC(=O)c1nc2c([nH]c1=O)CCCC2)C(=O)N1CCC(Oc2ccc(F)cc2F)CC1.